The Morgan fingerprint density at radius 2 is 1.96 bits per heavy atom. The van der Waals surface area contributed by atoms with E-state index >= 15 is 0 Å². The molecule has 0 saturated carbocycles. The minimum Gasteiger partial charge on any atom is -0.437 e. The Morgan fingerprint density at radius 3 is 2.70 bits per heavy atom. The zero-order valence-corrected chi connectivity index (χ0v) is 15.3. The Morgan fingerprint density at radius 1 is 1.15 bits per heavy atom. The van der Waals surface area contributed by atoms with Crippen molar-refractivity contribution in [3.63, 3.8) is 0 Å². The topological polar surface area (TPSA) is 64.1 Å². The normalized spacial score (nSPS) is 11.9. The van der Waals surface area contributed by atoms with Gasteiger partial charge >= 0.3 is 0 Å². The molecule has 1 amide bonds. The Hall–Kier alpha value is -3.47. The first-order chi connectivity index (χ1) is 13.1. The van der Waals surface area contributed by atoms with Gasteiger partial charge in [0, 0.05) is 18.5 Å². The van der Waals surface area contributed by atoms with Gasteiger partial charge in [-0.05, 0) is 43.2 Å². The van der Waals surface area contributed by atoms with Crippen LogP contribution >= 0.6 is 0 Å². The summed E-state index contributed by atoms with van der Waals surface area (Å²) in [6.45, 7) is 3.96. The molecule has 1 unspecified atom stereocenters. The maximum Gasteiger partial charge on any atom is 0.244 e. The van der Waals surface area contributed by atoms with Gasteiger partial charge in [-0.2, -0.15) is 0 Å². The molecular formula is C22H21N3O2. The first-order valence-electron chi connectivity index (χ1n) is 8.69. The standard InChI is InChI=1S/C22H21N3O2/c1-16-6-8-18(9-7-16)10-11-21(26)25-17(2)19-4-3-5-20(14-19)27-22-15-23-12-13-24-22/h3-15,17H,1-2H3,(H,25,26). The van der Waals surface area contributed by atoms with Gasteiger partial charge in [0.25, 0.3) is 0 Å². The third kappa shape index (κ3) is 5.51. The lowest BCUT2D eigenvalue weighted by Gasteiger charge is -2.14. The van der Waals surface area contributed by atoms with Gasteiger partial charge in [0.15, 0.2) is 0 Å². The molecule has 3 rings (SSSR count). The van der Waals surface area contributed by atoms with Crippen molar-refractivity contribution in [1.29, 1.82) is 0 Å². The summed E-state index contributed by atoms with van der Waals surface area (Å²) >= 11 is 0. The lowest BCUT2D eigenvalue weighted by molar-refractivity contribution is -0.117. The minimum atomic E-state index is -0.162. The summed E-state index contributed by atoms with van der Waals surface area (Å²) in [4.78, 5) is 20.3. The van der Waals surface area contributed by atoms with E-state index in [0.717, 1.165) is 11.1 Å². The van der Waals surface area contributed by atoms with Crippen LogP contribution in [0.5, 0.6) is 11.6 Å². The average Bonchev–Trinajstić information content (AvgIpc) is 2.68. The molecule has 0 aliphatic carbocycles. The largest absolute Gasteiger partial charge is 0.437 e. The fourth-order valence-corrected chi connectivity index (χ4v) is 2.50. The number of carbonyl (C=O) groups is 1. The van der Waals surface area contributed by atoms with Gasteiger partial charge in [0.2, 0.25) is 11.8 Å². The van der Waals surface area contributed by atoms with Gasteiger partial charge < -0.3 is 10.1 Å². The molecule has 3 aromatic rings. The zero-order valence-electron chi connectivity index (χ0n) is 15.3. The van der Waals surface area contributed by atoms with Crippen molar-refractivity contribution in [3.05, 3.63) is 89.9 Å². The van der Waals surface area contributed by atoms with E-state index in [4.69, 9.17) is 4.74 Å². The second-order valence-corrected chi connectivity index (χ2v) is 6.19. The van der Waals surface area contributed by atoms with Crippen LogP contribution in [0.3, 0.4) is 0 Å². The third-order valence-electron chi connectivity index (χ3n) is 3.98. The van der Waals surface area contributed by atoms with Crippen LogP contribution in [0.2, 0.25) is 0 Å². The SMILES string of the molecule is Cc1ccc(C=CC(=O)NC(C)c2cccc(Oc3cnccn3)c2)cc1. The summed E-state index contributed by atoms with van der Waals surface area (Å²) in [5.74, 6) is 0.917. The Balaban J connectivity index is 1.61. The number of benzene rings is 2. The number of aromatic nitrogens is 2. The number of rotatable bonds is 6. The van der Waals surface area contributed by atoms with Crippen molar-refractivity contribution in [3.8, 4) is 11.6 Å². The summed E-state index contributed by atoms with van der Waals surface area (Å²) in [5, 5.41) is 2.96. The van der Waals surface area contributed by atoms with Crippen molar-refractivity contribution >= 4 is 12.0 Å². The van der Waals surface area contributed by atoms with Crippen LogP contribution in [0.4, 0.5) is 0 Å². The van der Waals surface area contributed by atoms with Gasteiger partial charge in [0.1, 0.15) is 5.75 Å². The van der Waals surface area contributed by atoms with E-state index in [-0.39, 0.29) is 11.9 Å². The number of nitrogens with one attached hydrogen (secondary N) is 1. The van der Waals surface area contributed by atoms with Gasteiger partial charge in [-0.25, -0.2) is 4.98 Å². The maximum atomic E-state index is 12.2. The number of hydrogen-bond acceptors (Lipinski definition) is 4. The highest BCUT2D eigenvalue weighted by Gasteiger charge is 2.09. The molecule has 1 N–H and O–H groups in total. The van der Waals surface area contributed by atoms with Crippen LogP contribution in [-0.2, 0) is 4.79 Å². The second-order valence-electron chi connectivity index (χ2n) is 6.19. The van der Waals surface area contributed by atoms with Crippen LogP contribution in [0.25, 0.3) is 6.08 Å². The summed E-state index contributed by atoms with van der Waals surface area (Å²) in [6, 6.07) is 15.4. The summed E-state index contributed by atoms with van der Waals surface area (Å²) < 4.78 is 5.69. The molecule has 136 valence electrons. The number of hydrogen-bond donors (Lipinski definition) is 1. The molecule has 0 radical (unpaired) electrons. The fraction of sp³-hybridized carbons (Fsp3) is 0.136. The highest BCUT2D eigenvalue weighted by atomic mass is 16.5. The van der Waals surface area contributed by atoms with Crippen molar-refractivity contribution in [1.82, 2.24) is 15.3 Å². The summed E-state index contributed by atoms with van der Waals surface area (Å²) in [6.07, 6.45) is 8.05. The Kier molecular flexibility index (Phi) is 5.94. The molecule has 0 aliphatic heterocycles. The summed E-state index contributed by atoms with van der Waals surface area (Å²) in [7, 11) is 0. The molecule has 1 heterocycles. The van der Waals surface area contributed by atoms with E-state index < -0.39 is 0 Å². The zero-order chi connectivity index (χ0) is 19.1. The highest BCUT2D eigenvalue weighted by molar-refractivity contribution is 5.91. The molecule has 5 nitrogen and oxygen atoms in total. The van der Waals surface area contributed by atoms with Crippen LogP contribution in [0, 0.1) is 6.92 Å². The average molecular weight is 359 g/mol. The van der Waals surface area contributed by atoms with Crippen LogP contribution in [-0.4, -0.2) is 15.9 Å². The Bertz CT molecular complexity index is 922. The van der Waals surface area contributed by atoms with E-state index in [1.807, 2.05) is 62.4 Å². The first kappa shape index (κ1) is 18.3. The predicted molar refractivity (Wildman–Crippen MR) is 105 cm³/mol. The monoisotopic (exact) mass is 359 g/mol. The van der Waals surface area contributed by atoms with Gasteiger partial charge in [0.05, 0.1) is 12.2 Å². The molecular weight excluding hydrogens is 338 g/mol. The molecule has 2 aromatic carbocycles. The number of ether oxygens (including phenoxy) is 1. The van der Waals surface area contributed by atoms with E-state index in [2.05, 4.69) is 15.3 Å². The van der Waals surface area contributed by atoms with E-state index in [1.165, 1.54) is 5.56 Å². The Labute approximate surface area is 158 Å². The minimum absolute atomic E-state index is 0.150. The molecule has 0 fully saturated rings. The molecule has 1 aromatic heterocycles. The van der Waals surface area contributed by atoms with Crippen LogP contribution in [0.1, 0.15) is 29.7 Å². The van der Waals surface area contributed by atoms with Crippen LogP contribution in [0.15, 0.2) is 73.2 Å². The molecule has 0 aliphatic rings. The highest BCUT2D eigenvalue weighted by Crippen LogP contribution is 2.22. The molecule has 0 bridgehead atoms. The van der Waals surface area contributed by atoms with Crippen molar-refractivity contribution in [2.24, 2.45) is 0 Å². The van der Waals surface area contributed by atoms with Crippen molar-refractivity contribution in [2.45, 2.75) is 19.9 Å². The van der Waals surface area contributed by atoms with E-state index in [0.29, 0.717) is 11.6 Å². The molecule has 27 heavy (non-hydrogen) atoms. The number of aryl methyl sites for hydroxylation is 1. The lowest BCUT2D eigenvalue weighted by atomic mass is 10.1. The van der Waals surface area contributed by atoms with Crippen LogP contribution < -0.4 is 10.1 Å². The van der Waals surface area contributed by atoms with E-state index in [1.54, 1.807) is 30.7 Å². The molecule has 5 heteroatoms. The number of carbonyl (C=O) groups excluding carboxylic acids is 1. The first-order valence-corrected chi connectivity index (χ1v) is 8.69. The number of nitrogens with zero attached hydrogens (tertiary/aromatic N) is 2. The number of amides is 1. The molecule has 1 atom stereocenters. The maximum absolute atomic E-state index is 12.2. The quantitative estimate of drug-likeness (QED) is 0.660. The van der Waals surface area contributed by atoms with Gasteiger partial charge in [-0.15, -0.1) is 0 Å². The van der Waals surface area contributed by atoms with Crippen molar-refractivity contribution in [2.75, 3.05) is 0 Å². The van der Waals surface area contributed by atoms with E-state index in [9.17, 15) is 4.79 Å². The molecule has 0 spiro atoms. The fourth-order valence-electron chi connectivity index (χ4n) is 2.50. The van der Waals surface area contributed by atoms with Crippen molar-refractivity contribution < 1.29 is 9.53 Å². The van der Waals surface area contributed by atoms with Gasteiger partial charge in [-0.3, -0.25) is 9.78 Å². The smallest absolute Gasteiger partial charge is 0.244 e. The predicted octanol–water partition coefficient (Wildman–Crippen LogP) is 4.47. The molecule has 0 saturated heterocycles. The summed E-state index contributed by atoms with van der Waals surface area (Å²) in [5.41, 5.74) is 3.12. The van der Waals surface area contributed by atoms with Gasteiger partial charge in [-0.1, -0.05) is 42.0 Å². The lowest BCUT2D eigenvalue weighted by Crippen LogP contribution is -2.24. The third-order valence-corrected chi connectivity index (χ3v) is 3.98. The second kappa shape index (κ2) is 8.76.